The summed E-state index contributed by atoms with van der Waals surface area (Å²) < 4.78 is 49.9. The number of anilines is 2. The van der Waals surface area contributed by atoms with Crippen molar-refractivity contribution in [1.82, 2.24) is 9.55 Å². The highest BCUT2D eigenvalue weighted by Crippen LogP contribution is 2.55. The number of aromatic nitrogens is 2. The molecule has 0 unspecified atom stereocenters. The van der Waals surface area contributed by atoms with E-state index in [1.165, 1.54) is 18.1 Å². The number of carbonyl (C=O) groups is 2. The highest BCUT2D eigenvalue weighted by Gasteiger charge is 2.64. The van der Waals surface area contributed by atoms with Crippen LogP contribution in [0.15, 0.2) is 60.7 Å². The Bertz CT molecular complexity index is 1790. The van der Waals surface area contributed by atoms with Crippen LogP contribution in [0.25, 0.3) is 11.4 Å². The predicted octanol–water partition coefficient (Wildman–Crippen LogP) is 7.20. The van der Waals surface area contributed by atoms with Crippen molar-refractivity contribution in [1.29, 1.82) is 0 Å². The second kappa shape index (κ2) is 9.67. The Morgan fingerprint density at radius 3 is 2.40 bits per heavy atom. The lowest BCUT2D eigenvalue weighted by atomic mass is 9.87. The van der Waals surface area contributed by atoms with Crippen molar-refractivity contribution in [3.05, 3.63) is 87.7 Å². The van der Waals surface area contributed by atoms with Crippen molar-refractivity contribution >= 4 is 46.4 Å². The van der Waals surface area contributed by atoms with Crippen molar-refractivity contribution in [2.45, 2.75) is 31.8 Å². The maximum absolute atomic E-state index is 14.3. The molecule has 4 aromatic rings. The van der Waals surface area contributed by atoms with Crippen LogP contribution in [0.4, 0.5) is 24.5 Å². The molecular weight excluding hydrogens is 596 g/mol. The smallest absolute Gasteiger partial charge is 0.496 e. The van der Waals surface area contributed by atoms with E-state index in [0.29, 0.717) is 32.5 Å². The second-order valence-electron chi connectivity index (χ2n) is 9.98. The number of imidazole rings is 1. The van der Waals surface area contributed by atoms with E-state index in [9.17, 15) is 22.8 Å². The van der Waals surface area contributed by atoms with Gasteiger partial charge in [-0.2, -0.15) is 0 Å². The maximum Gasteiger partial charge on any atom is 0.573 e. The summed E-state index contributed by atoms with van der Waals surface area (Å²) in [6.07, 6.45) is -4.90. The number of amides is 2. The summed E-state index contributed by atoms with van der Waals surface area (Å²) in [6.45, 7) is 3.68. The number of benzene rings is 3. The van der Waals surface area contributed by atoms with Crippen molar-refractivity contribution in [3.63, 3.8) is 0 Å². The molecule has 2 aliphatic rings. The first-order valence-electron chi connectivity index (χ1n) is 12.6. The first-order chi connectivity index (χ1) is 19.9. The third-order valence-corrected chi connectivity index (χ3v) is 7.64. The number of hydrogen-bond acceptors (Lipinski definition) is 5. The SMILES string of the molecule is COc1cc(OC(F)(F)F)ccc1-c1nc2c(n1C(C)C)[C@]1(C(=O)Nc3cc(Cl)ccc31)N(c1cccc(Cl)c1)C2=O. The van der Waals surface area contributed by atoms with Crippen LogP contribution >= 0.6 is 23.2 Å². The summed E-state index contributed by atoms with van der Waals surface area (Å²) >= 11 is 12.6. The first kappa shape index (κ1) is 27.9. The molecule has 0 saturated carbocycles. The van der Waals surface area contributed by atoms with E-state index in [4.69, 9.17) is 32.9 Å². The van der Waals surface area contributed by atoms with Gasteiger partial charge in [-0.15, -0.1) is 13.2 Å². The molecule has 6 rings (SSSR count). The number of methoxy groups -OCH3 is 1. The fraction of sp³-hybridized carbons (Fsp3) is 0.207. The average molecular weight is 617 g/mol. The lowest BCUT2D eigenvalue weighted by Gasteiger charge is -2.35. The van der Waals surface area contributed by atoms with Crippen LogP contribution in [0.2, 0.25) is 10.0 Å². The normalized spacial score (nSPS) is 17.6. The summed E-state index contributed by atoms with van der Waals surface area (Å²) in [5, 5.41) is 3.61. The first-order valence-corrected chi connectivity index (χ1v) is 13.4. The Morgan fingerprint density at radius 1 is 1.00 bits per heavy atom. The van der Waals surface area contributed by atoms with Gasteiger partial charge in [-0.1, -0.05) is 35.3 Å². The fourth-order valence-corrected chi connectivity index (χ4v) is 6.05. The van der Waals surface area contributed by atoms with Gasteiger partial charge >= 0.3 is 6.36 Å². The van der Waals surface area contributed by atoms with Crippen molar-refractivity contribution in [2.24, 2.45) is 0 Å². The number of rotatable bonds is 5. The lowest BCUT2D eigenvalue weighted by Crippen LogP contribution is -2.51. The topological polar surface area (TPSA) is 85.7 Å². The summed E-state index contributed by atoms with van der Waals surface area (Å²) in [5.41, 5.74) is 0.124. The molecule has 3 heterocycles. The van der Waals surface area contributed by atoms with E-state index in [0.717, 1.165) is 12.1 Å². The minimum absolute atomic E-state index is 0.00528. The number of ether oxygens (including phenoxy) is 2. The molecular formula is C29H21Cl2F3N4O4. The average Bonchev–Trinajstić information content (AvgIpc) is 3.51. The molecule has 13 heteroatoms. The number of nitrogens with zero attached hydrogens (tertiary/aromatic N) is 3. The van der Waals surface area contributed by atoms with Crippen LogP contribution in [0, 0.1) is 0 Å². The van der Waals surface area contributed by atoms with Gasteiger partial charge in [-0.05, 0) is 56.3 Å². The highest BCUT2D eigenvalue weighted by molar-refractivity contribution is 6.32. The number of fused-ring (bicyclic) bond motifs is 4. The van der Waals surface area contributed by atoms with Crippen LogP contribution in [0.3, 0.4) is 0 Å². The van der Waals surface area contributed by atoms with Gasteiger partial charge in [-0.25, -0.2) is 4.98 Å². The van der Waals surface area contributed by atoms with Crippen molar-refractivity contribution in [2.75, 3.05) is 17.3 Å². The Labute approximate surface area is 247 Å². The van der Waals surface area contributed by atoms with Crippen molar-refractivity contribution in [3.8, 4) is 22.9 Å². The Morgan fingerprint density at radius 2 is 1.74 bits per heavy atom. The number of hydrogen-bond donors (Lipinski definition) is 1. The summed E-state index contributed by atoms with van der Waals surface area (Å²) in [5.74, 6) is -1.32. The van der Waals surface area contributed by atoms with Gasteiger partial charge < -0.3 is 19.4 Å². The lowest BCUT2D eigenvalue weighted by molar-refractivity contribution is -0.274. The summed E-state index contributed by atoms with van der Waals surface area (Å²) in [4.78, 5) is 34.6. The van der Waals surface area contributed by atoms with E-state index in [2.05, 4.69) is 10.1 Å². The molecule has 0 saturated heterocycles. The van der Waals surface area contributed by atoms with Gasteiger partial charge in [0.15, 0.2) is 11.2 Å². The van der Waals surface area contributed by atoms with Gasteiger partial charge in [-0.3, -0.25) is 14.5 Å². The quantitative estimate of drug-likeness (QED) is 0.256. The maximum atomic E-state index is 14.3. The molecule has 1 aromatic heterocycles. The van der Waals surface area contributed by atoms with Crippen molar-refractivity contribution < 1.29 is 32.2 Å². The number of nitrogens with one attached hydrogen (secondary N) is 1. The van der Waals surface area contributed by atoms with Gasteiger partial charge in [0.2, 0.25) is 0 Å². The molecule has 1 spiro atoms. The minimum atomic E-state index is -4.90. The third-order valence-electron chi connectivity index (χ3n) is 7.17. The largest absolute Gasteiger partial charge is 0.573 e. The standard InChI is InChI=1S/C29H21Cl2F3N4O4/c1-14(2)37-24-23(36-25(37)19-9-8-18(13-22(19)41-3)42-29(32,33)34)26(39)38(17-6-4-5-15(30)11-17)28(24)20-10-7-16(31)12-21(20)35-27(28)40/h4-14H,1-3H3,(H,35,40)/t28-/m1/s1. The molecule has 2 amide bonds. The molecule has 0 fully saturated rings. The summed E-state index contributed by atoms with van der Waals surface area (Å²) in [6, 6.07) is 14.7. The van der Waals surface area contributed by atoms with E-state index in [1.54, 1.807) is 47.0 Å². The van der Waals surface area contributed by atoms with Gasteiger partial charge in [0.05, 0.1) is 18.4 Å². The molecule has 2 aliphatic heterocycles. The van der Waals surface area contributed by atoms with E-state index in [-0.39, 0.29) is 29.0 Å². The molecule has 42 heavy (non-hydrogen) atoms. The molecule has 0 radical (unpaired) electrons. The van der Waals surface area contributed by atoms with Gasteiger partial charge in [0.1, 0.15) is 17.3 Å². The second-order valence-corrected chi connectivity index (χ2v) is 10.9. The zero-order valence-corrected chi connectivity index (χ0v) is 23.7. The van der Waals surface area contributed by atoms with E-state index in [1.807, 2.05) is 13.8 Å². The van der Waals surface area contributed by atoms with E-state index >= 15 is 0 Å². The molecule has 1 atom stereocenters. The molecule has 0 aliphatic carbocycles. The monoisotopic (exact) mass is 616 g/mol. The molecule has 3 aromatic carbocycles. The molecule has 1 N–H and O–H groups in total. The zero-order chi connectivity index (χ0) is 30.1. The Hall–Kier alpha value is -4.22. The minimum Gasteiger partial charge on any atom is -0.496 e. The fourth-order valence-electron chi connectivity index (χ4n) is 5.69. The number of halogens is 5. The third kappa shape index (κ3) is 4.10. The Balaban J connectivity index is 1.65. The Kier molecular flexibility index (Phi) is 6.43. The van der Waals surface area contributed by atoms with Gasteiger partial charge in [0, 0.05) is 39.1 Å². The van der Waals surface area contributed by atoms with Crippen LogP contribution in [-0.4, -0.2) is 34.8 Å². The highest BCUT2D eigenvalue weighted by atomic mass is 35.5. The van der Waals surface area contributed by atoms with Crippen LogP contribution in [0.1, 0.15) is 41.6 Å². The van der Waals surface area contributed by atoms with Gasteiger partial charge in [0.25, 0.3) is 11.8 Å². The summed E-state index contributed by atoms with van der Waals surface area (Å²) in [7, 11) is 1.30. The van der Waals surface area contributed by atoms with Crippen LogP contribution < -0.4 is 19.7 Å². The van der Waals surface area contributed by atoms with E-state index < -0.39 is 29.5 Å². The zero-order valence-electron chi connectivity index (χ0n) is 22.2. The molecule has 8 nitrogen and oxygen atoms in total. The molecule has 0 bridgehead atoms. The number of carbonyl (C=O) groups excluding carboxylic acids is 2. The molecule has 216 valence electrons. The predicted molar refractivity (Wildman–Crippen MR) is 150 cm³/mol. The van der Waals surface area contributed by atoms with Crippen LogP contribution in [0.5, 0.6) is 11.5 Å². The van der Waals surface area contributed by atoms with Crippen LogP contribution in [-0.2, 0) is 10.3 Å². The number of alkyl halides is 3.